The van der Waals surface area contributed by atoms with E-state index in [4.69, 9.17) is 0 Å². The molecule has 2 aromatic carbocycles. The fourth-order valence-electron chi connectivity index (χ4n) is 3.63. The summed E-state index contributed by atoms with van der Waals surface area (Å²) in [5, 5.41) is 0. The van der Waals surface area contributed by atoms with Crippen molar-refractivity contribution in [1.29, 1.82) is 0 Å². The number of sulfonamides is 1. The molecule has 34 heavy (non-hydrogen) atoms. The molecule has 1 unspecified atom stereocenters. The predicted molar refractivity (Wildman–Crippen MR) is 139 cm³/mol. The Morgan fingerprint density at radius 2 is 1.62 bits per heavy atom. The van der Waals surface area contributed by atoms with Crippen molar-refractivity contribution in [2.75, 3.05) is 13.1 Å². The molecule has 1 aromatic heterocycles. The summed E-state index contributed by atoms with van der Waals surface area (Å²) in [4.78, 5) is 17.8. The number of hydrogen-bond donors (Lipinski definition) is 0. The van der Waals surface area contributed by atoms with E-state index in [9.17, 15) is 13.2 Å². The first-order valence-electron chi connectivity index (χ1n) is 11.6. The van der Waals surface area contributed by atoms with Crippen molar-refractivity contribution < 1.29 is 13.2 Å². The van der Waals surface area contributed by atoms with Crippen molar-refractivity contribution in [3.8, 4) is 0 Å². The van der Waals surface area contributed by atoms with Crippen LogP contribution in [0.1, 0.15) is 41.1 Å². The molecule has 5 nitrogen and oxygen atoms in total. The molecular formula is C27H34N2O3S2. The van der Waals surface area contributed by atoms with Gasteiger partial charge < -0.3 is 4.90 Å². The highest BCUT2D eigenvalue weighted by Crippen LogP contribution is 2.22. The number of carbonyl (C=O) groups excluding carboxylic acids is 1. The van der Waals surface area contributed by atoms with Crippen LogP contribution in [0.2, 0.25) is 0 Å². The molecule has 0 saturated carbocycles. The highest BCUT2D eigenvalue weighted by Gasteiger charge is 2.29. The van der Waals surface area contributed by atoms with Gasteiger partial charge in [-0.25, -0.2) is 8.42 Å². The average molecular weight is 499 g/mol. The molecule has 0 bridgehead atoms. The molecule has 0 fully saturated rings. The zero-order valence-electron chi connectivity index (χ0n) is 20.4. The number of aryl methyl sites for hydroxylation is 2. The quantitative estimate of drug-likeness (QED) is 0.344. The van der Waals surface area contributed by atoms with Gasteiger partial charge in [-0.05, 0) is 49.6 Å². The number of carbonyl (C=O) groups is 1. The number of rotatable bonds is 11. The molecule has 0 radical (unpaired) electrons. The van der Waals surface area contributed by atoms with Gasteiger partial charge in [0.1, 0.15) is 0 Å². The third kappa shape index (κ3) is 7.01. The van der Waals surface area contributed by atoms with E-state index in [1.165, 1.54) is 9.18 Å². The summed E-state index contributed by atoms with van der Waals surface area (Å²) in [5.74, 6) is -0.0653. The van der Waals surface area contributed by atoms with E-state index in [1.807, 2.05) is 70.2 Å². The minimum absolute atomic E-state index is 0.135. The van der Waals surface area contributed by atoms with Crippen LogP contribution in [0.4, 0.5) is 0 Å². The first kappa shape index (κ1) is 26.1. The molecule has 0 aliphatic heterocycles. The van der Waals surface area contributed by atoms with Gasteiger partial charge in [-0.2, -0.15) is 4.31 Å². The smallest absolute Gasteiger partial charge is 0.243 e. The number of thiophene rings is 1. The van der Waals surface area contributed by atoms with E-state index in [0.717, 1.165) is 22.4 Å². The minimum Gasteiger partial charge on any atom is -0.332 e. The molecule has 7 heteroatoms. The third-order valence-corrected chi connectivity index (χ3v) is 8.71. The number of nitrogens with zero attached hydrogens (tertiary/aromatic N) is 2. The highest BCUT2D eigenvalue weighted by molar-refractivity contribution is 7.89. The summed E-state index contributed by atoms with van der Waals surface area (Å²) in [5.41, 5.74) is 2.00. The molecule has 3 aromatic rings. The van der Waals surface area contributed by atoms with Crippen LogP contribution in [0.15, 0.2) is 71.6 Å². The normalized spacial score (nSPS) is 12.6. The Morgan fingerprint density at radius 3 is 2.21 bits per heavy atom. The number of hydrogen-bond acceptors (Lipinski definition) is 4. The largest absolute Gasteiger partial charge is 0.332 e. The molecule has 1 heterocycles. The van der Waals surface area contributed by atoms with Crippen LogP contribution >= 0.6 is 11.3 Å². The first-order chi connectivity index (χ1) is 16.2. The highest BCUT2D eigenvalue weighted by atomic mass is 32.2. The van der Waals surface area contributed by atoms with Crippen molar-refractivity contribution in [3.63, 3.8) is 0 Å². The Hall–Kier alpha value is -2.48. The van der Waals surface area contributed by atoms with E-state index >= 15 is 0 Å². The van der Waals surface area contributed by atoms with E-state index < -0.39 is 10.0 Å². The van der Waals surface area contributed by atoms with Gasteiger partial charge in [0.15, 0.2) is 0 Å². The average Bonchev–Trinajstić information content (AvgIpc) is 3.23. The van der Waals surface area contributed by atoms with Gasteiger partial charge in [-0.15, -0.1) is 11.3 Å². The van der Waals surface area contributed by atoms with E-state index in [1.54, 1.807) is 40.5 Å². The van der Waals surface area contributed by atoms with Crippen LogP contribution < -0.4 is 0 Å². The van der Waals surface area contributed by atoms with Gasteiger partial charge in [0.25, 0.3) is 0 Å². The Kier molecular flexibility index (Phi) is 9.05. The monoisotopic (exact) mass is 498 g/mol. The fraction of sp³-hybridized carbons (Fsp3) is 0.370. The molecule has 0 aliphatic carbocycles. The lowest BCUT2D eigenvalue weighted by molar-refractivity contribution is -0.132. The minimum atomic E-state index is -3.80. The van der Waals surface area contributed by atoms with E-state index in [2.05, 4.69) is 0 Å². The lowest BCUT2D eigenvalue weighted by Crippen LogP contribution is -2.44. The Bertz CT molecular complexity index is 1170. The standard InChI is InChI=1S/C27H34N2O3S2/c1-5-21(2)17-29(34(31,32)26-15-11-22(3)12-16-26)20-27(30)28(18-24-9-7-6-8-10-24)19-25-14-13-23(4)33-25/h6-16,21H,5,17-20H2,1-4H3. The van der Waals surface area contributed by atoms with E-state index in [-0.39, 0.29) is 23.3 Å². The maximum Gasteiger partial charge on any atom is 0.243 e. The zero-order valence-corrected chi connectivity index (χ0v) is 22.0. The van der Waals surface area contributed by atoms with Crippen molar-refractivity contribution >= 4 is 27.3 Å². The van der Waals surface area contributed by atoms with Crippen LogP contribution in [0.3, 0.4) is 0 Å². The summed E-state index contributed by atoms with van der Waals surface area (Å²) in [6.07, 6.45) is 0.830. The van der Waals surface area contributed by atoms with Crippen LogP contribution in [0, 0.1) is 19.8 Å². The van der Waals surface area contributed by atoms with Gasteiger partial charge in [0, 0.05) is 22.8 Å². The molecule has 182 valence electrons. The van der Waals surface area contributed by atoms with Crippen LogP contribution in [-0.4, -0.2) is 36.6 Å². The van der Waals surface area contributed by atoms with Crippen molar-refractivity contribution in [2.45, 2.75) is 52.1 Å². The van der Waals surface area contributed by atoms with Crippen molar-refractivity contribution in [1.82, 2.24) is 9.21 Å². The summed E-state index contributed by atoms with van der Waals surface area (Å²) >= 11 is 1.66. The van der Waals surface area contributed by atoms with Crippen LogP contribution in [-0.2, 0) is 27.9 Å². The van der Waals surface area contributed by atoms with Gasteiger partial charge >= 0.3 is 0 Å². The van der Waals surface area contributed by atoms with Gasteiger partial charge in [0.05, 0.1) is 18.0 Å². The van der Waals surface area contributed by atoms with Gasteiger partial charge in [0.2, 0.25) is 15.9 Å². The second-order valence-corrected chi connectivity index (χ2v) is 12.2. The second-order valence-electron chi connectivity index (χ2n) is 8.87. The maximum atomic E-state index is 13.6. The van der Waals surface area contributed by atoms with Crippen molar-refractivity contribution in [3.05, 3.63) is 87.6 Å². The SMILES string of the molecule is CCC(C)CN(CC(=O)N(Cc1ccccc1)Cc1ccc(C)s1)S(=O)(=O)c1ccc(C)cc1. The van der Waals surface area contributed by atoms with Gasteiger partial charge in [-0.1, -0.05) is 68.3 Å². The topological polar surface area (TPSA) is 57.7 Å². The summed E-state index contributed by atoms with van der Waals surface area (Å²) in [7, 11) is -3.80. The fourth-order valence-corrected chi connectivity index (χ4v) is 6.04. The van der Waals surface area contributed by atoms with Crippen LogP contribution in [0.25, 0.3) is 0 Å². The molecular weight excluding hydrogens is 464 g/mol. The summed E-state index contributed by atoms with van der Waals surface area (Å²) in [6, 6.07) is 20.7. The Labute approximate surface area is 208 Å². The van der Waals surface area contributed by atoms with E-state index in [0.29, 0.717) is 19.6 Å². The number of benzene rings is 2. The number of amides is 1. The maximum absolute atomic E-state index is 13.6. The Balaban J connectivity index is 1.88. The Morgan fingerprint density at radius 1 is 0.941 bits per heavy atom. The molecule has 1 amide bonds. The predicted octanol–water partition coefficient (Wildman–Crippen LogP) is 5.63. The zero-order chi connectivity index (χ0) is 24.7. The lowest BCUT2D eigenvalue weighted by atomic mass is 10.1. The molecule has 1 atom stereocenters. The second kappa shape index (κ2) is 11.8. The molecule has 0 N–H and O–H groups in total. The molecule has 0 spiro atoms. The van der Waals surface area contributed by atoms with Crippen LogP contribution in [0.5, 0.6) is 0 Å². The summed E-state index contributed by atoms with van der Waals surface area (Å²) < 4.78 is 28.4. The van der Waals surface area contributed by atoms with Gasteiger partial charge in [-0.3, -0.25) is 4.79 Å². The summed E-state index contributed by atoms with van der Waals surface area (Å²) in [6.45, 7) is 9.01. The molecule has 0 aliphatic rings. The molecule has 3 rings (SSSR count). The van der Waals surface area contributed by atoms with Crippen molar-refractivity contribution in [2.24, 2.45) is 5.92 Å². The lowest BCUT2D eigenvalue weighted by Gasteiger charge is -2.28. The first-order valence-corrected chi connectivity index (χ1v) is 13.9. The third-order valence-electron chi connectivity index (χ3n) is 5.89. The molecule has 0 saturated heterocycles.